The number of benzene rings is 2. The van der Waals surface area contributed by atoms with Gasteiger partial charge in [0.05, 0.1) is 0 Å². The average Bonchev–Trinajstić information content (AvgIpc) is 3.12. The second-order valence-corrected chi connectivity index (χ2v) is 7.59. The molecule has 0 aliphatic carbocycles. The SMILES string of the molecule is O=C(NCc1ccc(Cl)cc1)c1cc2n(n1)CCCN(Cc1ccc(F)cc1)C2=O. The fourth-order valence-electron chi connectivity index (χ4n) is 3.38. The minimum atomic E-state index is -0.344. The van der Waals surface area contributed by atoms with Crippen LogP contribution >= 0.6 is 11.6 Å². The third kappa shape index (κ3) is 4.52. The molecular formula is C22H20ClFN4O2. The van der Waals surface area contributed by atoms with E-state index < -0.39 is 0 Å². The molecule has 2 amide bonds. The molecule has 154 valence electrons. The van der Waals surface area contributed by atoms with Crippen molar-refractivity contribution in [2.24, 2.45) is 0 Å². The highest BCUT2D eigenvalue weighted by molar-refractivity contribution is 6.30. The van der Waals surface area contributed by atoms with Crippen molar-refractivity contribution in [3.8, 4) is 0 Å². The zero-order chi connectivity index (χ0) is 21.1. The van der Waals surface area contributed by atoms with Gasteiger partial charge in [0, 0.05) is 37.3 Å². The van der Waals surface area contributed by atoms with Crippen LogP contribution in [0.15, 0.2) is 54.6 Å². The van der Waals surface area contributed by atoms with Crippen LogP contribution in [0.5, 0.6) is 0 Å². The van der Waals surface area contributed by atoms with Crippen LogP contribution in [-0.2, 0) is 19.6 Å². The lowest BCUT2D eigenvalue weighted by Gasteiger charge is -2.20. The zero-order valence-electron chi connectivity index (χ0n) is 16.1. The molecule has 2 aromatic carbocycles. The zero-order valence-corrected chi connectivity index (χ0v) is 16.9. The number of nitrogens with one attached hydrogen (secondary N) is 1. The van der Waals surface area contributed by atoms with Crippen LogP contribution in [0.4, 0.5) is 4.39 Å². The maximum Gasteiger partial charge on any atom is 0.272 e. The van der Waals surface area contributed by atoms with E-state index in [1.165, 1.54) is 18.2 Å². The summed E-state index contributed by atoms with van der Waals surface area (Å²) in [6.45, 7) is 1.83. The molecule has 4 rings (SSSR count). The summed E-state index contributed by atoms with van der Waals surface area (Å²) in [5, 5.41) is 7.77. The van der Waals surface area contributed by atoms with E-state index in [9.17, 15) is 14.0 Å². The highest BCUT2D eigenvalue weighted by Crippen LogP contribution is 2.17. The summed E-state index contributed by atoms with van der Waals surface area (Å²) in [6.07, 6.45) is 0.716. The van der Waals surface area contributed by atoms with Gasteiger partial charge in [-0.2, -0.15) is 5.10 Å². The lowest BCUT2D eigenvalue weighted by molar-refractivity contribution is 0.0745. The summed E-state index contributed by atoms with van der Waals surface area (Å²) in [7, 11) is 0. The van der Waals surface area contributed by atoms with E-state index in [-0.39, 0.29) is 23.3 Å². The van der Waals surface area contributed by atoms with E-state index in [1.807, 2.05) is 12.1 Å². The number of rotatable bonds is 5. The predicted octanol–water partition coefficient (Wildman–Crippen LogP) is 3.65. The molecule has 0 saturated carbocycles. The Labute approximate surface area is 178 Å². The van der Waals surface area contributed by atoms with Gasteiger partial charge in [-0.1, -0.05) is 35.9 Å². The Balaban J connectivity index is 1.45. The van der Waals surface area contributed by atoms with Gasteiger partial charge in [0.25, 0.3) is 11.8 Å². The van der Waals surface area contributed by atoms with E-state index in [0.717, 1.165) is 11.1 Å². The van der Waals surface area contributed by atoms with E-state index in [4.69, 9.17) is 11.6 Å². The van der Waals surface area contributed by atoms with Gasteiger partial charge < -0.3 is 10.2 Å². The standard InChI is InChI=1S/C22H20ClFN4O2/c23-17-6-2-15(3-7-17)13-25-21(29)19-12-20-22(30)27(10-1-11-28(20)26-19)14-16-4-8-18(24)9-5-16/h2-9,12H,1,10-11,13-14H2,(H,25,29). The molecule has 2 heterocycles. The van der Waals surface area contributed by atoms with Crippen LogP contribution in [0, 0.1) is 5.82 Å². The molecule has 0 unspecified atom stereocenters. The molecule has 0 bridgehead atoms. The van der Waals surface area contributed by atoms with E-state index in [0.29, 0.717) is 43.3 Å². The van der Waals surface area contributed by atoms with Crippen LogP contribution in [0.3, 0.4) is 0 Å². The van der Waals surface area contributed by atoms with Crippen molar-refractivity contribution in [1.82, 2.24) is 20.0 Å². The third-order valence-electron chi connectivity index (χ3n) is 4.97. The molecule has 1 aromatic heterocycles. The highest BCUT2D eigenvalue weighted by Gasteiger charge is 2.26. The monoisotopic (exact) mass is 426 g/mol. The summed E-state index contributed by atoms with van der Waals surface area (Å²) in [5.74, 6) is -0.849. The van der Waals surface area contributed by atoms with Gasteiger partial charge in [-0.3, -0.25) is 14.3 Å². The van der Waals surface area contributed by atoms with Crippen molar-refractivity contribution in [1.29, 1.82) is 0 Å². The molecule has 0 atom stereocenters. The van der Waals surface area contributed by atoms with Crippen LogP contribution in [0.1, 0.15) is 38.5 Å². The second kappa shape index (κ2) is 8.67. The molecule has 1 N–H and O–H groups in total. The number of aromatic nitrogens is 2. The number of carbonyl (C=O) groups excluding carboxylic acids is 2. The Morgan fingerprint density at radius 1 is 1.07 bits per heavy atom. The lowest BCUT2D eigenvalue weighted by atomic mass is 10.2. The molecule has 6 nitrogen and oxygen atoms in total. The summed E-state index contributed by atoms with van der Waals surface area (Å²) in [6, 6.07) is 14.8. The van der Waals surface area contributed by atoms with E-state index in [2.05, 4.69) is 10.4 Å². The Morgan fingerprint density at radius 2 is 1.77 bits per heavy atom. The van der Waals surface area contributed by atoms with Crippen molar-refractivity contribution >= 4 is 23.4 Å². The smallest absolute Gasteiger partial charge is 0.272 e. The Bertz CT molecular complexity index is 1060. The number of hydrogen-bond donors (Lipinski definition) is 1. The Kier molecular flexibility index (Phi) is 5.81. The number of halogens is 2. The first-order chi connectivity index (χ1) is 14.5. The van der Waals surface area contributed by atoms with Gasteiger partial charge in [0.2, 0.25) is 0 Å². The Hall–Kier alpha value is -3.19. The molecule has 0 spiro atoms. The number of carbonyl (C=O) groups is 2. The fourth-order valence-corrected chi connectivity index (χ4v) is 3.51. The third-order valence-corrected chi connectivity index (χ3v) is 5.22. The molecular weight excluding hydrogens is 407 g/mol. The van der Waals surface area contributed by atoms with Crippen molar-refractivity contribution < 1.29 is 14.0 Å². The Morgan fingerprint density at radius 3 is 2.50 bits per heavy atom. The van der Waals surface area contributed by atoms with Gasteiger partial charge in [-0.15, -0.1) is 0 Å². The maximum absolute atomic E-state index is 13.1. The normalized spacial score (nSPS) is 13.7. The molecule has 1 aliphatic heterocycles. The van der Waals surface area contributed by atoms with Crippen molar-refractivity contribution in [2.45, 2.75) is 26.1 Å². The van der Waals surface area contributed by atoms with Crippen LogP contribution in [-0.4, -0.2) is 33.0 Å². The molecule has 8 heteroatoms. The number of amides is 2. The predicted molar refractivity (Wildman–Crippen MR) is 111 cm³/mol. The maximum atomic E-state index is 13.1. The first-order valence-electron chi connectivity index (χ1n) is 9.64. The van der Waals surface area contributed by atoms with Gasteiger partial charge in [-0.05, 0) is 41.8 Å². The summed E-state index contributed by atoms with van der Waals surface area (Å²) < 4.78 is 14.7. The van der Waals surface area contributed by atoms with Gasteiger partial charge in [0.1, 0.15) is 11.5 Å². The molecule has 1 aliphatic rings. The topological polar surface area (TPSA) is 67.2 Å². The highest BCUT2D eigenvalue weighted by atomic mass is 35.5. The molecule has 30 heavy (non-hydrogen) atoms. The average molecular weight is 427 g/mol. The molecule has 0 radical (unpaired) electrons. The second-order valence-electron chi connectivity index (χ2n) is 7.15. The quantitative estimate of drug-likeness (QED) is 0.677. The first kappa shape index (κ1) is 20.1. The first-order valence-corrected chi connectivity index (χ1v) is 10.0. The van der Waals surface area contributed by atoms with Crippen molar-refractivity contribution in [2.75, 3.05) is 6.54 Å². The number of nitrogens with zero attached hydrogens (tertiary/aromatic N) is 3. The van der Waals surface area contributed by atoms with Crippen molar-refractivity contribution in [3.63, 3.8) is 0 Å². The van der Waals surface area contributed by atoms with Crippen LogP contribution in [0.25, 0.3) is 0 Å². The molecule has 3 aromatic rings. The largest absolute Gasteiger partial charge is 0.347 e. The summed E-state index contributed by atoms with van der Waals surface area (Å²) >= 11 is 5.87. The minimum Gasteiger partial charge on any atom is -0.347 e. The number of aryl methyl sites for hydroxylation is 1. The van der Waals surface area contributed by atoms with Gasteiger partial charge in [-0.25, -0.2) is 4.39 Å². The minimum absolute atomic E-state index is 0.193. The van der Waals surface area contributed by atoms with Crippen LogP contribution < -0.4 is 5.32 Å². The summed E-state index contributed by atoms with van der Waals surface area (Å²) in [4.78, 5) is 27.2. The van der Waals surface area contributed by atoms with Gasteiger partial charge >= 0.3 is 0 Å². The van der Waals surface area contributed by atoms with Gasteiger partial charge in [0.15, 0.2) is 5.69 Å². The van der Waals surface area contributed by atoms with E-state index >= 15 is 0 Å². The molecule has 0 saturated heterocycles. The van der Waals surface area contributed by atoms with Crippen LogP contribution in [0.2, 0.25) is 5.02 Å². The lowest BCUT2D eigenvalue weighted by Crippen LogP contribution is -2.30. The summed E-state index contributed by atoms with van der Waals surface area (Å²) in [5.41, 5.74) is 2.34. The number of hydrogen-bond acceptors (Lipinski definition) is 3. The fraction of sp³-hybridized carbons (Fsp3) is 0.227. The van der Waals surface area contributed by atoms with E-state index in [1.54, 1.807) is 33.8 Å². The van der Waals surface area contributed by atoms with Crippen molar-refractivity contribution in [3.05, 3.63) is 88.0 Å². The number of fused-ring (bicyclic) bond motifs is 1. The molecule has 0 fully saturated rings.